The van der Waals surface area contributed by atoms with E-state index >= 15 is 0 Å². The minimum absolute atomic E-state index is 0.0710. The van der Waals surface area contributed by atoms with E-state index in [-0.39, 0.29) is 12.1 Å². The third kappa shape index (κ3) is 1.60. The van der Waals surface area contributed by atoms with Crippen molar-refractivity contribution in [3.8, 4) is 0 Å². The lowest BCUT2D eigenvalue weighted by atomic mass is 10.1. The van der Waals surface area contributed by atoms with Gasteiger partial charge in [-0.2, -0.15) is 0 Å². The highest BCUT2D eigenvalue weighted by molar-refractivity contribution is 5.80. The second-order valence-electron chi connectivity index (χ2n) is 3.78. The molecule has 0 atom stereocenters. The van der Waals surface area contributed by atoms with Crippen molar-refractivity contribution < 1.29 is 4.39 Å². The van der Waals surface area contributed by atoms with Gasteiger partial charge in [0.1, 0.15) is 12.5 Å². The summed E-state index contributed by atoms with van der Waals surface area (Å²) in [4.78, 5) is 16.4. The Morgan fingerprint density at radius 3 is 2.81 bits per heavy atom. The van der Waals surface area contributed by atoms with Gasteiger partial charge in [-0.3, -0.25) is 9.36 Å². The largest absolute Gasteiger partial charge is 0.294 e. The summed E-state index contributed by atoms with van der Waals surface area (Å²) in [5, 5.41) is 0.555. The summed E-state index contributed by atoms with van der Waals surface area (Å²) in [6, 6.07) is 5.45. The maximum absolute atomic E-state index is 12.3. The first-order valence-corrected chi connectivity index (χ1v) is 5.18. The summed E-state index contributed by atoms with van der Waals surface area (Å²) in [6.45, 7) is 3.15. The fourth-order valence-corrected chi connectivity index (χ4v) is 1.84. The van der Waals surface area contributed by atoms with Crippen molar-refractivity contribution in [1.82, 2.24) is 9.55 Å². The first-order valence-electron chi connectivity index (χ1n) is 5.18. The summed E-state index contributed by atoms with van der Waals surface area (Å²) in [5.41, 5.74) is 1.51. The lowest BCUT2D eigenvalue weighted by molar-refractivity contribution is 0.435. The van der Waals surface area contributed by atoms with Gasteiger partial charge in [-0.15, -0.1) is 0 Å². The monoisotopic (exact) mass is 220 g/mol. The van der Waals surface area contributed by atoms with Crippen LogP contribution in [-0.4, -0.2) is 16.2 Å². The van der Waals surface area contributed by atoms with Gasteiger partial charge in [0.25, 0.3) is 5.56 Å². The number of aryl methyl sites for hydroxylation is 2. The molecule has 0 unspecified atom stereocenters. The molecular weight excluding hydrogens is 207 g/mol. The highest BCUT2D eigenvalue weighted by Crippen LogP contribution is 2.12. The Balaban J connectivity index is 2.84. The van der Waals surface area contributed by atoms with Gasteiger partial charge in [0, 0.05) is 0 Å². The molecule has 0 fully saturated rings. The number of nitrogens with zero attached hydrogens (tertiary/aromatic N) is 2. The Kier molecular flexibility index (Phi) is 2.73. The third-order valence-corrected chi connectivity index (χ3v) is 2.69. The van der Waals surface area contributed by atoms with Gasteiger partial charge in [-0.25, -0.2) is 9.37 Å². The van der Waals surface area contributed by atoms with Crippen molar-refractivity contribution in [3.05, 3.63) is 39.9 Å². The lowest BCUT2D eigenvalue weighted by Crippen LogP contribution is -2.24. The first kappa shape index (κ1) is 10.8. The van der Waals surface area contributed by atoms with E-state index in [0.29, 0.717) is 16.7 Å². The molecule has 0 amide bonds. The van der Waals surface area contributed by atoms with Crippen LogP contribution in [0.4, 0.5) is 4.39 Å². The Hall–Kier alpha value is -1.71. The molecule has 2 aromatic rings. The Morgan fingerprint density at radius 2 is 2.12 bits per heavy atom. The van der Waals surface area contributed by atoms with Crippen molar-refractivity contribution in [2.45, 2.75) is 20.4 Å². The van der Waals surface area contributed by atoms with Gasteiger partial charge in [0.2, 0.25) is 0 Å². The van der Waals surface area contributed by atoms with Crippen LogP contribution < -0.4 is 5.56 Å². The molecule has 0 saturated heterocycles. The van der Waals surface area contributed by atoms with Crippen molar-refractivity contribution in [1.29, 1.82) is 0 Å². The number of para-hydroxylation sites is 1. The minimum Gasteiger partial charge on any atom is -0.294 e. The van der Waals surface area contributed by atoms with Crippen LogP contribution in [0, 0.1) is 13.8 Å². The summed E-state index contributed by atoms with van der Waals surface area (Å²) < 4.78 is 13.7. The van der Waals surface area contributed by atoms with Crippen LogP contribution in [0.15, 0.2) is 23.0 Å². The highest BCUT2D eigenvalue weighted by Gasteiger charge is 2.08. The Bertz CT molecular complexity index is 589. The molecule has 0 spiro atoms. The summed E-state index contributed by atoms with van der Waals surface area (Å²) in [7, 11) is 0. The molecule has 1 aromatic heterocycles. The van der Waals surface area contributed by atoms with E-state index in [1.54, 1.807) is 13.0 Å². The zero-order chi connectivity index (χ0) is 11.7. The average Bonchev–Trinajstić information content (AvgIpc) is 2.26. The predicted octanol–water partition coefficient (Wildman–Crippen LogP) is 1.98. The molecule has 2 rings (SSSR count). The molecule has 16 heavy (non-hydrogen) atoms. The fraction of sp³-hybridized carbons (Fsp3) is 0.333. The normalized spacial score (nSPS) is 10.9. The zero-order valence-corrected chi connectivity index (χ0v) is 9.33. The van der Waals surface area contributed by atoms with E-state index in [4.69, 9.17) is 0 Å². The standard InChI is InChI=1S/C12H13FN2O/c1-8-4-3-5-10-11(8)14-9(2)15(7-6-13)12(10)16/h3-5H,6-7H2,1-2H3. The molecule has 84 valence electrons. The van der Waals surface area contributed by atoms with Crippen molar-refractivity contribution >= 4 is 10.9 Å². The van der Waals surface area contributed by atoms with Gasteiger partial charge in [-0.1, -0.05) is 12.1 Å². The molecule has 0 aliphatic carbocycles. The number of benzene rings is 1. The number of aromatic nitrogens is 2. The van der Waals surface area contributed by atoms with Crippen LogP contribution in [0.3, 0.4) is 0 Å². The smallest absolute Gasteiger partial charge is 0.261 e. The predicted molar refractivity (Wildman–Crippen MR) is 61.5 cm³/mol. The van der Waals surface area contributed by atoms with Gasteiger partial charge < -0.3 is 0 Å². The van der Waals surface area contributed by atoms with Crippen LogP contribution in [0.5, 0.6) is 0 Å². The number of hydrogen-bond donors (Lipinski definition) is 0. The topological polar surface area (TPSA) is 34.9 Å². The molecule has 1 aromatic carbocycles. The van der Waals surface area contributed by atoms with E-state index in [2.05, 4.69) is 4.98 Å². The van der Waals surface area contributed by atoms with Crippen molar-refractivity contribution in [3.63, 3.8) is 0 Å². The number of fused-ring (bicyclic) bond motifs is 1. The highest BCUT2D eigenvalue weighted by atomic mass is 19.1. The molecule has 0 aliphatic heterocycles. The molecule has 0 N–H and O–H groups in total. The van der Waals surface area contributed by atoms with E-state index in [0.717, 1.165) is 5.56 Å². The van der Waals surface area contributed by atoms with Crippen LogP contribution in [0.25, 0.3) is 10.9 Å². The van der Waals surface area contributed by atoms with Crippen LogP contribution in [-0.2, 0) is 6.54 Å². The van der Waals surface area contributed by atoms with Crippen LogP contribution in [0.1, 0.15) is 11.4 Å². The molecule has 0 aliphatic rings. The maximum Gasteiger partial charge on any atom is 0.261 e. The van der Waals surface area contributed by atoms with Gasteiger partial charge >= 0.3 is 0 Å². The van der Waals surface area contributed by atoms with E-state index < -0.39 is 6.67 Å². The quantitative estimate of drug-likeness (QED) is 0.775. The number of alkyl halides is 1. The summed E-state index contributed by atoms with van der Waals surface area (Å²) >= 11 is 0. The molecular formula is C12H13FN2O. The summed E-state index contributed by atoms with van der Waals surface area (Å²) in [6.07, 6.45) is 0. The van der Waals surface area contributed by atoms with Crippen LogP contribution in [0.2, 0.25) is 0 Å². The first-order chi connectivity index (χ1) is 7.65. The number of hydrogen-bond acceptors (Lipinski definition) is 2. The second kappa shape index (κ2) is 4.04. The van der Waals surface area contributed by atoms with E-state index in [1.165, 1.54) is 4.57 Å². The summed E-state index contributed by atoms with van der Waals surface area (Å²) in [5.74, 6) is 0.560. The molecule has 0 bridgehead atoms. The molecule has 0 saturated carbocycles. The molecule has 4 heteroatoms. The van der Waals surface area contributed by atoms with Crippen molar-refractivity contribution in [2.24, 2.45) is 0 Å². The fourth-order valence-electron chi connectivity index (χ4n) is 1.84. The lowest BCUT2D eigenvalue weighted by Gasteiger charge is -2.09. The van der Waals surface area contributed by atoms with Gasteiger partial charge in [-0.05, 0) is 25.5 Å². The van der Waals surface area contributed by atoms with E-state index in [1.807, 2.05) is 19.1 Å². The van der Waals surface area contributed by atoms with Gasteiger partial charge in [0.15, 0.2) is 0 Å². The van der Waals surface area contributed by atoms with Gasteiger partial charge in [0.05, 0.1) is 17.4 Å². The zero-order valence-electron chi connectivity index (χ0n) is 9.33. The van der Waals surface area contributed by atoms with Crippen LogP contribution >= 0.6 is 0 Å². The molecule has 3 nitrogen and oxygen atoms in total. The number of halogens is 1. The number of rotatable bonds is 2. The maximum atomic E-state index is 12.3. The SMILES string of the molecule is Cc1cccc2c(=O)n(CCF)c(C)nc12. The Labute approximate surface area is 92.5 Å². The Morgan fingerprint density at radius 1 is 1.38 bits per heavy atom. The van der Waals surface area contributed by atoms with E-state index in [9.17, 15) is 9.18 Å². The second-order valence-corrected chi connectivity index (χ2v) is 3.78. The minimum atomic E-state index is -0.556. The third-order valence-electron chi connectivity index (χ3n) is 2.69. The molecule has 0 radical (unpaired) electrons. The average molecular weight is 220 g/mol. The molecule has 1 heterocycles. The van der Waals surface area contributed by atoms with Crippen molar-refractivity contribution in [2.75, 3.05) is 6.67 Å².